The van der Waals surface area contributed by atoms with Gasteiger partial charge in [-0.05, 0) is 50.9 Å². The molecule has 0 saturated carbocycles. The van der Waals surface area contributed by atoms with Crippen LogP contribution in [0.1, 0.15) is 57.7 Å². The van der Waals surface area contributed by atoms with Crippen molar-refractivity contribution in [3.8, 4) is 5.75 Å². The van der Waals surface area contributed by atoms with E-state index in [-0.39, 0.29) is 0 Å². The average Bonchev–Trinajstić information content (AvgIpc) is 2.47. The van der Waals surface area contributed by atoms with Gasteiger partial charge in [-0.15, -0.1) is 0 Å². The van der Waals surface area contributed by atoms with Crippen molar-refractivity contribution >= 4 is 10.8 Å². The zero-order valence-corrected chi connectivity index (χ0v) is 14.6. The molecule has 2 atom stereocenters. The van der Waals surface area contributed by atoms with Crippen LogP contribution in [0, 0.1) is 0 Å². The van der Waals surface area contributed by atoms with Gasteiger partial charge in [0.15, 0.2) is 0 Å². The Balaban J connectivity index is 2.91. The third-order valence-electron chi connectivity index (χ3n) is 3.33. The number of hydrogen-bond donors (Lipinski definition) is 1. The fourth-order valence-electron chi connectivity index (χ4n) is 2.23. The first-order chi connectivity index (χ1) is 10.1. The van der Waals surface area contributed by atoms with Crippen LogP contribution in [-0.4, -0.2) is 23.1 Å². The van der Waals surface area contributed by atoms with Crippen LogP contribution in [0.25, 0.3) is 0 Å². The lowest BCUT2D eigenvalue weighted by molar-refractivity contribution is 0.337. The van der Waals surface area contributed by atoms with Gasteiger partial charge < -0.3 is 10.1 Å². The fraction of sp³-hybridized carbons (Fsp3) is 0.647. The topological polar surface area (TPSA) is 38.3 Å². The fourth-order valence-corrected chi connectivity index (χ4v) is 3.40. The van der Waals surface area contributed by atoms with E-state index in [1.165, 1.54) is 5.56 Å². The predicted molar refractivity (Wildman–Crippen MR) is 91.3 cm³/mol. The molecule has 0 saturated heterocycles. The first-order valence-electron chi connectivity index (χ1n) is 7.96. The van der Waals surface area contributed by atoms with E-state index in [9.17, 15) is 4.21 Å². The van der Waals surface area contributed by atoms with Gasteiger partial charge >= 0.3 is 0 Å². The van der Waals surface area contributed by atoms with E-state index < -0.39 is 10.8 Å². The molecular formula is C17H29NO2S. The smallest absolute Gasteiger partial charge is 0.123 e. The van der Waals surface area contributed by atoms with Crippen LogP contribution in [0.4, 0.5) is 0 Å². The molecule has 2 unspecified atom stereocenters. The summed E-state index contributed by atoms with van der Waals surface area (Å²) in [5.74, 6) is 2.20. The Kier molecular flexibility index (Phi) is 8.62. The molecule has 0 heterocycles. The van der Waals surface area contributed by atoms with E-state index in [1.807, 2.05) is 13.0 Å². The van der Waals surface area contributed by atoms with Crippen molar-refractivity contribution in [2.45, 2.75) is 52.3 Å². The van der Waals surface area contributed by atoms with Crippen LogP contribution in [0.5, 0.6) is 5.75 Å². The summed E-state index contributed by atoms with van der Waals surface area (Å²) in [7, 11) is -0.812. The summed E-state index contributed by atoms with van der Waals surface area (Å²) in [5, 5.41) is 3.49. The van der Waals surface area contributed by atoms with Gasteiger partial charge in [-0.1, -0.05) is 19.9 Å². The van der Waals surface area contributed by atoms with Crippen LogP contribution < -0.4 is 10.1 Å². The number of rotatable bonds is 10. The summed E-state index contributed by atoms with van der Waals surface area (Å²) in [6, 6.07) is 6.57. The maximum Gasteiger partial charge on any atom is 0.123 e. The molecule has 3 nitrogen and oxygen atoms in total. The van der Waals surface area contributed by atoms with Gasteiger partial charge in [-0.25, -0.2) is 0 Å². The molecule has 0 amide bonds. The van der Waals surface area contributed by atoms with Crippen molar-refractivity contribution in [2.75, 3.05) is 18.9 Å². The summed E-state index contributed by atoms with van der Waals surface area (Å²) in [6.45, 7) is 10.0. The summed E-state index contributed by atoms with van der Waals surface area (Å²) < 4.78 is 17.7. The molecule has 4 heteroatoms. The van der Waals surface area contributed by atoms with Crippen LogP contribution in [0.15, 0.2) is 18.2 Å². The highest BCUT2D eigenvalue weighted by molar-refractivity contribution is 7.84. The minimum atomic E-state index is -0.812. The lowest BCUT2D eigenvalue weighted by atomic mass is 10.0. The average molecular weight is 311 g/mol. The van der Waals surface area contributed by atoms with Crippen molar-refractivity contribution in [2.24, 2.45) is 0 Å². The molecule has 120 valence electrons. The van der Waals surface area contributed by atoms with E-state index in [0.29, 0.717) is 18.4 Å². The largest absolute Gasteiger partial charge is 0.494 e. The van der Waals surface area contributed by atoms with Gasteiger partial charge in [0.1, 0.15) is 5.75 Å². The standard InChI is InChI=1S/C17H29NO2S/c1-5-10-18-14(4)15-8-9-17(20-7-3)16(12-15)13-21(19)11-6-2/h8-9,12,14,18H,5-7,10-11,13H2,1-4H3. The second-order valence-electron chi connectivity index (χ2n) is 5.26. The van der Waals surface area contributed by atoms with Gasteiger partial charge in [0.05, 0.1) is 12.4 Å². The lowest BCUT2D eigenvalue weighted by Crippen LogP contribution is -2.19. The molecule has 0 spiro atoms. The Hall–Kier alpha value is -0.870. The second-order valence-corrected chi connectivity index (χ2v) is 6.84. The van der Waals surface area contributed by atoms with Crippen LogP contribution in [0.3, 0.4) is 0 Å². The molecule has 0 bridgehead atoms. The summed E-state index contributed by atoms with van der Waals surface area (Å²) in [6.07, 6.45) is 2.07. The minimum Gasteiger partial charge on any atom is -0.494 e. The van der Waals surface area contributed by atoms with Gasteiger partial charge in [0, 0.05) is 28.2 Å². The predicted octanol–water partition coefficient (Wildman–Crippen LogP) is 3.80. The molecule has 0 fully saturated rings. The first kappa shape index (κ1) is 18.2. The Morgan fingerprint density at radius 1 is 1.24 bits per heavy atom. The first-order valence-corrected chi connectivity index (χ1v) is 9.45. The van der Waals surface area contributed by atoms with E-state index in [2.05, 4.69) is 38.2 Å². The maximum atomic E-state index is 12.1. The Morgan fingerprint density at radius 2 is 2.00 bits per heavy atom. The Labute approximate surface area is 131 Å². The van der Waals surface area contributed by atoms with Crippen molar-refractivity contribution in [3.63, 3.8) is 0 Å². The van der Waals surface area contributed by atoms with Gasteiger partial charge in [-0.3, -0.25) is 4.21 Å². The van der Waals surface area contributed by atoms with Crippen LogP contribution in [-0.2, 0) is 16.6 Å². The lowest BCUT2D eigenvalue weighted by Gasteiger charge is -2.17. The van der Waals surface area contributed by atoms with E-state index in [0.717, 1.165) is 36.5 Å². The molecule has 1 rings (SSSR count). The number of benzene rings is 1. The zero-order valence-electron chi connectivity index (χ0n) is 13.8. The summed E-state index contributed by atoms with van der Waals surface area (Å²) >= 11 is 0. The van der Waals surface area contributed by atoms with Crippen LogP contribution >= 0.6 is 0 Å². The van der Waals surface area contributed by atoms with Gasteiger partial charge in [-0.2, -0.15) is 0 Å². The van der Waals surface area contributed by atoms with Gasteiger partial charge in [0.2, 0.25) is 0 Å². The van der Waals surface area contributed by atoms with Gasteiger partial charge in [0.25, 0.3) is 0 Å². The zero-order chi connectivity index (χ0) is 15.7. The second kappa shape index (κ2) is 9.96. The third-order valence-corrected chi connectivity index (χ3v) is 4.83. The molecule has 0 aromatic heterocycles. The maximum absolute atomic E-state index is 12.1. The van der Waals surface area contributed by atoms with Crippen LogP contribution in [0.2, 0.25) is 0 Å². The highest BCUT2D eigenvalue weighted by Gasteiger charge is 2.12. The molecule has 1 N–H and O–H groups in total. The summed E-state index contributed by atoms with van der Waals surface area (Å²) in [5.41, 5.74) is 2.29. The molecule has 1 aromatic rings. The summed E-state index contributed by atoms with van der Waals surface area (Å²) in [4.78, 5) is 0. The van der Waals surface area contributed by atoms with E-state index in [4.69, 9.17) is 4.74 Å². The molecule has 0 aliphatic heterocycles. The quantitative estimate of drug-likeness (QED) is 0.714. The normalized spacial score (nSPS) is 13.9. The minimum absolute atomic E-state index is 0.305. The monoisotopic (exact) mass is 311 g/mol. The van der Waals surface area contributed by atoms with Crippen molar-refractivity contribution in [3.05, 3.63) is 29.3 Å². The third kappa shape index (κ3) is 6.18. The number of hydrogen-bond acceptors (Lipinski definition) is 3. The van der Waals surface area contributed by atoms with E-state index >= 15 is 0 Å². The molecule has 0 radical (unpaired) electrons. The number of nitrogens with one attached hydrogen (secondary N) is 1. The molecule has 1 aromatic carbocycles. The Morgan fingerprint density at radius 3 is 2.62 bits per heavy atom. The van der Waals surface area contributed by atoms with Crippen molar-refractivity contribution in [1.29, 1.82) is 0 Å². The highest BCUT2D eigenvalue weighted by Crippen LogP contribution is 2.25. The SMILES string of the molecule is CCCNC(C)c1ccc(OCC)c(CS(=O)CCC)c1. The highest BCUT2D eigenvalue weighted by atomic mass is 32.2. The molecular weight excluding hydrogens is 282 g/mol. The van der Waals surface area contributed by atoms with Crippen molar-refractivity contribution in [1.82, 2.24) is 5.32 Å². The Bertz CT molecular complexity index is 448. The number of ether oxygens (including phenoxy) is 1. The van der Waals surface area contributed by atoms with E-state index in [1.54, 1.807) is 0 Å². The molecule has 21 heavy (non-hydrogen) atoms. The van der Waals surface area contributed by atoms with Crippen molar-refractivity contribution < 1.29 is 8.95 Å². The molecule has 0 aliphatic rings. The molecule has 0 aliphatic carbocycles.